The summed E-state index contributed by atoms with van der Waals surface area (Å²) in [6.07, 6.45) is 7.64. The third kappa shape index (κ3) is 3.14. The van der Waals surface area contributed by atoms with Crippen LogP contribution in [0, 0.1) is 10.3 Å². The van der Waals surface area contributed by atoms with Gasteiger partial charge in [-0.3, -0.25) is 0 Å². The van der Waals surface area contributed by atoms with E-state index in [0.29, 0.717) is 10.5 Å². The fourth-order valence-electron chi connectivity index (χ4n) is 1.43. The molecule has 0 spiro atoms. The molecule has 0 saturated carbocycles. The van der Waals surface area contributed by atoms with Gasteiger partial charge < -0.3 is 10.2 Å². The van der Waals surface area contributed by atoms with Crippen molar-refractivity contribution >= 4 is 0 Å². The summed E-state index contributed by atoms with van der Waals surface area (Å²) in [4.78, 5) is 11.3. The fourth-order valence-corrected chi connectivity index (χ4v) is 1.43. The normalized spacial score (nSPS) is 37.5. The number of rotatable bonds is 2. The summed E-state index contributed by atoms with van der Waals surface area (Å²) in [6, 6.07) is 0. The van der Waals surface area contributed by atoms with Crippen molar-refractivity contribution < 1.29 is 15.0 Å². The van der Waals surface area contributed by atoms with Gasteiger partial charge in [0, 0.05) is 27.2 Å². The average Bonchev–Trinajstić information content (AvgIpc) is 2.19. The first-order valence-corrected chi connectivity index (χ1v) is 5.28. The lowest BCUT2D eigenvalue weighted by atomic mass is 9.84. The summed E-state index contributed by atoms with van der Waals surface area (Å²) < 4.78 is 0.637. The summed E-state index contributed by atoms with van der Waals surface area (Å²) >= 11 is 0. The highest BCUT2D eigenvalue weighted by molar-refractivity contribution is 5.32. The number of hydrogen-bond donors (Lipinski definition) is 1. The van der Waals surface area contributed by atoms with Crippen molar-refractivity contribution in [1.29, 1.82) is 0 Å². The van der Waals surface area contributed by atoms with E-state index in [1.165, 1.54) is 25.3 Å². The Balaban J connectivity index is 3.33. The molecule has 4 heteroatoms. The first-order valence-electron chi connectivity index (χ1n) is 5.28. The first-order chi connectivity index (χ1) is 7.66. The topological polar surface area (TPSA) is 63.4 Å². The van der Waals surface area contributed by atoms with E-state index in [9.17, 15) is 15.1 Å². The maximum absolute atomic E-state index is 11.5. The lowest BCUT2D eigenvalue weighted by Gasteiger charge is -2.31. The third-order valence-corrected chi connectivity index (χ3v) is 2.77. The van der Waals surface area contributed by atoms with Gasteiger partial charge in [0.25, 0.3) is 5.70 Å². The summed E-state index contributed by atoms with van der Waals surface area (Å²) in [6.45, 7) is 6.61. The molecule has 0 fully saturated rings. The van der Waals surface area contributed by atoms with Crippen LogP contribution < -0.4 is 5.11 Å². The van der Waals surface area contributed by atoms with Gasteiger partial charge >= 0.3 is 0 Å². The molecule has 2 unspecified atom stereocenters. The zero-order valence-corrected chi connectivity index (χ0v) is 10.3. The lowest BCUT2D eigenvalue weighted by Crippen LogP contribution is -2.27. The number of aliphatic hydroxyl groups is 1. The summed E-state index contributed by atoms with van der Waals surface area (Å²) in [5, 5.41) is 21.5. The third-order valence-electron chi connectivity index (χ3n) is 2.77. The molecule has 0 bridgehead atoms. The second-order valence-electron chi connectivity index (χ2n) is 4.67. The lowest BCUT2D eigenvalue weighted by molar-refractivity contribution is -0.461. The largest absolute Gasteiger partial charge is 0.875 e. The molecule has 2 atom stereocenters. The monoisotopic (exact) mass is 235 g/mol. The maximum atomic E-state index is 11.5. The standard InChI is InChI=1S/C13H17NO3/c1-10(15)12(2)6-5-11(14(4)17)9-13(3,16)8-7-12/h5-9,16H,1H2,2-4H3/b6-5?,8-7-,11-9+. The van der Waals surface area contributed by atoms with E-state index in [-0.39, 0.29) is 5.76 Å². The maximum Gasteiger partial charge on any atom is 0.254 e. The van der Waals surface area contributed by atoms with E-state index < -0.39 is 11.0 Å². The van der Waals surface area contributed by atoms with Gasteiger partial charge in [0.15, 0.2) is 7.05 Å². The van der Waals surface area contributed by atoms with Crippen molar-refractivity contribution in [2.45, 2.75) is 19.4 Å². The fraction of sp³-hybridized carbons (Fsp3) is 0.385. The Labute approximate surface area is 101 Å². The zero-order chi connectivity index (χ0) is 13.3. The average molecular weight is 235 g/mol. The number of nitrogens with zero attached hydrogens (tertiary/aromatic N) is 1. The molecule has 0 radical (unpaired) electrons. The van der Waals surface area contributed by atoms with E-state index in [4.69, 9.17) is 0 Å². The number of likely N-dealkylation sites (N-methyl/N-ethyl adjacent to an activating group) is 1. The molecular formula is C13H17NO3. The molecule has 0 aromatic rings. The van der Waals surface area contributed by atoms with Crippen LogP contribution in [0.3, 0.4) is 0 Å². The second-order valence-corrected chi connectivity index (χ2v) is 4.67. The van der Waals surface area contributed by atoms with Crippen LogP contribution in [0.15, 0.2) is 48.4 Å². The Hall–Kier alpha value is -1.68. The van der Waals surface area contributed by atoms with Crippen LogP contribution in [0.1, 0.15) is 13.8 Å². The second kappa shape index (κ2) is 4.30. The van der Waals surface area contributed by atoms with Crippen LogP contribution in [0.4, 0.5) is 0 Å². The highest BCUT2D eigenvalue weighted by Gasteiger charge is 2.25. The molecule has 0 aromatic carbocycles. The number of allylic oxidation sites excluding steroid dienone is 2. The highest BCUT2D eigenvalue weighted by Crippen LogP contribution is 2.30. The molecule has 17 heavy (non-hydrogen) atoms. The van der Waals surface area contributed by atoms with Crippen molar-refractivity contribution in [1.82, 2.24) is 0 Å². The summed E-state index contributed by atoms with van der Waals surface area (Å²) in [7, 11) is 1.33. The molecule has 1 N–H and O–H groups in total. The number of nitroso groups, excluding NO2 is 1. The molecule has 1 aliphatic rings. The van der Waals surface area contributed by atoms with Crippen molar-refractivity contribution in [2.75, 3.05) is 7.05 Å². The molecule has 1 aliphatic carbocycles. The molecule has 0 aliphatic heterocycles. The van der Waals surface area contributed by atoms with Gasteiger partial charge in [-0.05, 0) is 13.8 Å². The van der Waals surface area contributed by atoms with E-state index in [0.717, 1.165) is 0 Å². The summed E-state index contributed by atoms with van der Waals surface area (Å²) in [5.41, 5.74) is -1.87. The van der Waals surface area contributed by atoms with E-state index in [1.807, 2.05) is 0 Å². The van der Waals surface area contributed by atoms with Gasteiger partial charge in [0.1, 0.15) is 5.60 Å². The Kier molecular flexibility index (Phi) is 3.38. The van der Waals surface area contributed by atoms with Gasteiger partial charge in [0.05, 0.1) is 0 Å². The Morgan fingerprint density at radius 3 is 2.47 bits per heavy atom. The number of hydrogen-bond acceptors (Lipinski definition) is 3. The van der Waals surface area contributed by atoms with E-state index in [1.54, 1.807) is 26.0 Å². The molecule has 1 rings (SSSR count). The minimum Gasteiger partial charge on any atom is -0.875 e. The Morgan fingerprint density at radius 2 is 2.00 bits per heavy atom. The molecule has 0 amide bonds. The minimum atomic E-state index is -1.27. The predicted octanol–water partition coefficient (Wildman–Crippen LogP) is 1.04. The molecule has 0 saturated heterocycles. The SMILES string of the molecule is C=C([O-])C1(C)C=C/C([N+](C)=O)=C\C(C)(O)/C=C\1. The van der Waals surface area contributed by atoms with Gasteiger partial charge in [0.2, 0.25) is 0 Å². The van der Waals surface area contributed by atoms with E-state index >= 15 is 0 Å². The van der Waals surface area contributed by atoms with Crippen LogP contribution in [0.2, 0.25) is 0 Å². The van der Waals surface area contributed by atoms with Crippen LogP contribution in [-0.2, 0) is 0 Å². The minimum absolute atomic E-state index is 0.296. The molecule has 4 nitrogen and oxygen atoms in total. The molecule has 0 aromatic heterocycles. The van der Waals surface area contributed by atoms with Crippen LogP contribution in [0.5, 0.6) is 0 Å². The Morgan fingerprint density at radius 1 is 1.41 bits per heavy atom. The molecule has 0 heterocycles. The quantitative estimate of drug-likeness (QED) is 0.442. The first kappa shape index (κ1) is 13.4. The molecular weight excluding hydrogens is 218 g/mol. The van der Waals surface area contributed by atoms with Crippen LogP contribution >= 0.6 is 0 Å². The summed E-state index contributed by atoms with van der Waals surface area (Å²) in [5.74, 6) is -0.296. The predicted molar refractivity (Wildman–Crippen MR) is 63.8 cm³/mol. The van der Waals surface area contributed by atoms with Crippen LogP contribution in [-0.4, -0.2) is 22.5 Å². The highest BCUT2D eigenvalue weighted by atomic mass is 16.3. The van der Waals surface area contributed by atoms with Crippen molar-refractivity contribution in [3.63, 3.8) is 0 Å². The Bertz CT molecular complexity index is 444. The zero-order valence-electron chi connectivity index (χ0n) is 10.3. The van der Waals surface area contributed by atoms with Crippen molar-refractivity contribution in [2.24, 2.45) is 5.41 Å². The van der Waals surface area contributed by atoms with Gasteiger partial charge in [-0.25, -0.2) is 0 Å². The van der Waals surface area contributed by atoms with Gasteiger partial charge in [-0.2, -0.15) is 0 Å². The molecule has 92 valence electrons. The van der Waals surface area contributed by atoms with Gasteiger partial charge in [-0.1, -0.05) is 18.2 Å². The van der Waals surface area contributed by atoms with Crippen molar-refractivity contribution in [3.8, 4) is 0 Å². The van der Waals surface area contributed by atoms with Crippen molar-refractivity contribution in [3.05, 3.63) is 53.3 Å². The van der Waals surface area contributed by atoms with E-state index in [2.05, 4.69) is 6.58 Å². The van der Waals surface area contributed by atoms with Gasteiger partial charge in [-0.15, -0.1) is 12.3 Å². The van der Waals surface area contributed by atoms with Crippen LogP contribution in [0.25, 0.3) is 0 Å². The smallest absolute Gasteiger partial charge is 0.254 e.